The number of H-pyrrole nitrogens is 1. The van der Waals surface area contributed by atoms with Crippen LogP contribution in [0.2, 0.25) is 0 Å². The number of fused-ring (bicyclic) bond motifs is 1. The van der Waals surface area contributed by atoms with Crippen molar-refractivity contribution in [3.05, 3.63) is 52.6 Å². The molecule has 1 atom stereocenters. The molecule has 2 aliphatic heterocycles. The SMILES string of the molecule is CC(=O)c1c[nH]c(/C=C2\C(=O)Nc3ccc(F)c(C#CC4CCCN4)c32)c1. The van der Waals surface area contributed by atoms with Crippen LogP contribution in [0.15, 0.2) is 24.4 Å². The molecule has 1 unspecified atom stereocenters. The number of hydrogen-bond acceptors (Lipinski definition) is 3. The summed E-state index contributed by atoms with van der Waals surface area (Å²) in [5, 5.41) is 6.01. The van der Waals surface area contributed by atoms with E-state index < -0.39 is 5.82 Å². The van der Waals surface area contributed by atoms with Crippen molar-refractivity contribution in [2.75, 3.05) is 11.9 Å². The number of carbonyl (C=O) groups is 2. The van der Waals surface area contributed by atoms with Crippen LogP contribution in [0.3, 0.4) is 0 Å². The molecule has 1 aromatic carbocycles. The van der Waals surface area contributed by atoms with Gasteiger partial charge in [-0.15, -0.1) is 0 Å². The van der Waals surface area contributed by atoms with E-state index >= 15 is 0 Å². The van der Waals surface area contributed by atoms with Gasteiger partial charge in [0.05, 0.1) is 22.9 Å². The van der Waals surface area contributed by atoms with Gasteiger partial charge in [0, 0.05) is 23.0 Å². The van der Waals surface area contributed by atoms with Crippen LogP contribution in [0.5, 0.6) is 0 Å². The van der Waals surface area contributed by atoms with Crippen LogP contribution < -0.4 is 10.6 Å². The Balaban J connectivity index is 1.79. The molecule has 3 heterocycles. The van der Waals surface area contributed by atoms with Crippen molar-refractivity contribution >= 4 is 29.0 Å². The Morgan fingerprint density at radius 2 is 2.22 bits per heavy atom. The quantitative estimate of drug-likeness (QED) is 0.436. The first kappa shape index (κ1) is 17.3. The van der Waals surface area contributed by atoms with Crippen molar-refractivity contribution in [3.8, 4) is 11.8 Å². The highest BCUT2D eigenvalue weighted by Crippen LogP contribution is 2.36. The molecule has 2 aromatic rings. The highest BCUT2D eigenvalue weighted by molar-refractivity contribution is 6.35. The Kier molecular flexibility index (Phi) is 4.38. The maximum atomic E-state index is 14.5. The predicted octanol–water partition coefficient (Wildman–Crippen LogP) is 2.95. The highest BCUT2D eigenvalue weighted by atomic mass is 19.1. The number of anilines is 1. The van der Waals surface area contributed by atoms with Gasteiger partial charge in [-0.3, -0.25) is 9.59 Å². The van der Waals surface area contributed by atoms with Crippen LogP contribution in [0.1, 0.15) is 46.9 Å². The van der Waals surface area contributed by atoms with E-state index in [4.69, 9.17) is 0 Å². The summed E-state index contributed by atoms with van der Waals surface area (Å²) in [6.45, 7) is 2.38. The van der Waals surface area contributed by atoms with E-state index in [0.29, 0.717) is 28.1 Å². The smallest absolute Gasteiger partial charge is 0.256 e. The molecule has 0 spiro atoms. The lowest BCUT2D eigenvalue weighted by molar-refractivity contribution is -0.110. The Morgan fingerprint density at radius 3 is 2.93 bits per heavy atom. The number of nitrogens with one attached hydrogen (secondary N) is 3. The summed E-state index contributed by atoms with van der Waals surface area (Å²) >= 11 is 0. The third-order valence-electron chi connectivity index (χ3n) is 4.76. The van der Waals surface area contributed by atoms with Gasteiger partial charge in [-0.2, -0.15) is 0 Å². The fourth-order valence-electron chi connectivity index (χ4n) is 3.35. The van der Waals surface area contributed by atoms with Crippen molar-refractivity contribution in [2.45, 2.75) is 25.8 Å². The molecule has 1 amide bonds. The maximum Gasteiger partial charge on any atom is 0.256 e. The summed E-state index contributed by atoms with van der Waals surface area (Å²) in [5.74, 6) is 5.14. The number of ketones is 1. The second-order valence-electron chi connectivity index (χ2n) is 6.68. The lowest BCUT2D eigenvalue weighted by atomic mass is 9.98. The number of rotatable bonds is 2. The number of aromatic amines is 1. The number of Topliss-reactive ketones (excluding diaryl/α,β-unsaturated/α-hetero) is 1. The number of halogens is 1. The molecule has 3 N–H and O–H groups in total. The molecule has 5 nitrogen and oxygen atoms in total. The van der Waals surface area contributed by atoms with Gasteiger partial charge in [0.2, 0.25) is 0 Å². The third kappa shape index (κ3) is 3.29. The minimum Gasteiger partial charge on any atom is -0.361 e. The van der Waals surface area contributed by atoms with Crippen molar-refractivity contribution in [3.63, 3.8) is 0 Å². The van der Waals surface area contributed by atoms with E-state index in [0.717, 1.165) is 19.4 Å². The van der Waals surface area contributed by atoms with Gasteiger partial charge >= 0.3 is 0 Å². The first-order chi connectivity index (χ1) is 13.0. The molecule has 27 heavy (non-hydrogen) atoms. The van der Waals surface area contributed by atoms with Crippen molar-refractivity contribution < 1.29 is 14.0 Å². The van der Waals surface area contributed by atoms with E-state index in [-0.39, 0.29) is 23.3 Å². The summed E-state index contributed by atoms with van der Waals surface area (Å²) in [4.78, 5) is 26.9. The van der Waals surface area contributed by atoms with Crippen molar-refractivity contribution in [1.29, 1.82) is 0 Å². The third-order valence-corrected chi connectivity index (χ3v) is 4.76. The molecule has 0 saturated carbocycles. The number of aromatic nitrogens is 1. The van der Waals surface area contributed by atoms with Gasteiger partial charge in [-0.1, -0.05) is 11.8 Å². The fraction of sp³-hybridized carbons (Fsp3) is 0.238. The average molecular weight is 363 g/mol. The minimum atomic E-state index is -0.461. The van der Waals surface area contributed by atoms with Gasteiger partial charge in [-0.25, -0.2) is 4.39 Å². The molecule has 2 aliphatic rings. The minimum absolute atomic E-state index is 0.0410. The number of hydrogen-bond donors (Lipinski definition) is 3. The van der Waals surface area contributed by atoms with Gasteiger partial charge in [0.25, 0.3) is 5.91 Å². The lowest BCUT2D eigenvalue weighted by Crippen LogP contribution is -2.18. The van der Waals surface area contributed by atoms with E-state index in [1.54, 1.807) is 18.3 Å². The largest absolute Gasteiger partial charge is 0.361 e. The first-order valence-corrected chi connectivity index (χ1v) is 8.83. The summed E-state index contributed by atoms with van der Waals surface area (Å²) in [5.41, 5.74) is 2.65. The van der Waals surface area contributed by atoms with E-state index in [1.807, 2.05) is 0 Å². The van der Waals surface area contributed by atoms with Crippen LogP contribution in [-0.2, 0) is 4.79 Å². The highest BCUT2D eigenvalue weighted by Gasteiger charge is 2.28. The molecule has 6 heteroatoms. The number of carbonyl (C=O) groups excluding carboxylic acids is 2. The standard InChI is InChI=1S/C21H18FN3O2/c1-12(26)13-9-15(24-11-13)10-17-20-16(5-4-14-3-2-8-23-14)18(22)6-7-19(20)25-21(17)27/h6-7,9-11,14,23-24H,2-3,8H2,1H3,(H,25,27)/b17-10-. The molecule has 0 bridgehead atoms. The average Bonchev–Trinajstić information content (AvgIpc) is 3.36. The Bertz CT molecular complexity index is 1030. The number of amides is 1. The zero-order valence-electron chi connectivity index (χ0n) is 14.8. The molecule has 136 valence electrons. The van der Waals surface area contributed by atoms with Gasteiger partial charge in [0.1, 0.15) is 5.82 Å². The molecular weight excluding hydrogens is 345 g/mol. The summed E-state index contributed by atoms with van der Waals surface area (Å²) in [7, 11) is 0. The summed E-state index contributed by atoms with van der Waals surface area (Å²) in [6.07, 6.45) is 5.18. The molecule has 1 aromatic heterocycles. The Hall–Kier alpha value is -3.17. The van der Waals surface area contributed by atoms with Crippen LogP contribution in [0, 0.1) is 17.7 Å². The lowest BCUT2D eigenvalue weighted by Gasteiger charge is -2.05. The molecule has 0 aliphatic carbocycles. The molecule has 1 fully saturated rings. The second-order valence-corrected chi connectivity index (χ2v) is 6.68. The van der Waals surface area contributed by atoms with Crippen LogP contribution in [0.4, 0.5) is 10.1 Å². The normalized spacial score (nSPS) is 19.6. The maximum absolute atomic E-state index is 14.5. The molecule has 4 rings (SSSR count). The topological polar surface area (TPSA) is 74.0 Å². The fourth-order valence-corrected chi connectivity index (χ4v) is 3.35. The zero-order chi connectivity index (χ0) is 19.0. The zero-order valence-corrected chi connectivity index (χ0v) is 14.8. The number of benzene rings is 1. The predicted molar refractivity (Wildman–Crippen MR) is 102 cm³/mol. The van der Waals surface area contributed by atoms with Gasteiger partial charge in [-0.05, 0) is 50.6 Å². The van der Waals surface area contributed by atoms with Crippen LogP contribution in [-0.4, -0.2) is 29.3 Å². The molecule has 1 saturated heterocycles. The van der Waals surface area contributed by atoms with Crippen molar-refractivity contribution in [2.24, 2.45) is 0 Å². The second kappa shape index (κ2) is 6.86. The van der Waals surface area contributed by atoms with Crippen LogP contribution >= 0.6 is 0 Å². The monoisotopic (exact) mass is 363 g/mol. The van der Waals surface area contributed by atoms with E-state index in [1.165, 1.54) is 19.1 Å². The molecule has 0 radical (unpaired) electrons. The summed E-state index contributed by atoms with van der Waals surface area (Å²) in [6, 6.07) is 4.56. The Morgan fingerprint density at radius 1 is 1.37 bits per heavy atom. The van der Waals surface area contributed by atoms with E-state index in [9.17, 15) is 14.0 Å². The van der Waals surface area contributed by atoms with E-state index in [2.05, 4.69) is 27.5 Å². The van der Waals surface area contributed by atoms with Gasteiger partial charge < -0.3 is 15.6 Å². The molecular formula is C21H18FN3O2. The summed E-state index contributed by atoms with van der Waals surface area (Å²) < 4.78 is 14.5. The van der Waals surface area contributed by atoms with Crippen molar-refractivity contribution in [1.82, 2.24) is 10.3 Å². The van der Waals surface area contributed by atoms with Gasteiger partial charge in [0.15, 0.2) is 5.78 Å². The first-order valence-electron chi connectivity index (χ1n) is 8.83. The van der Waals surface area contributed by atoms with Crippen LogP contribution in [0.25, 0.3) is 11.6 Å². The Labute approximate surface area is 156 Å².